The normalized spacial score (nSPS) is 25.3. The number of thioether (sulfide) groups is 1. The molecule has 1 atom stereocenters. The Morgan fingerprint density at radius 1 is 1.38 bits per heavy atom. The molecule has 1 N–H and O–H groups in total. The summed E-state index contributed by atoms with van der Waals surface area (Å²) in [6.45, 7) is 0. The van der Waals surface area contributed by atoms with Gasteiger partial charge >= 0.3 is 0 Å². The minimum Gasteiger partial charge on any atom is -0.389 e. The molecule has 2 rings (SSSR count). The second-order valence-corrected chi connectivity index (χ2v) is 5.52. The summed E-state index contributed by atoms with van der Waals surface area (Å²) < 4.78 is 0. The molecule has 0 spiro atoms. The molecule has 2 nitrogen and oxygen atoms in total. The fraction of sp³-hybridized carbons (Fsp3) is 0.462. The van der Waals surface area contributed by atoms with Crippen LogP contribution in [0.15, 0.2) is 24.3 Å². The van der Waals surface area contributed by atoms with Gasteiger partial charge < -0.3 is 5.11 Å². The maximum atomic E-state index is 10.5. The molecule has 1 unspecified atom stereocenters. The summed E-state index contributed by atoms with van der Waals surface area (Å²) in [5, 5.41) is 10.4. The van der Waals surface area contributed by atoms with Crippen LogP contribution in [0.1, 0.15) is 28.8 Å². The van der Waals surface area contributed by atoms with Gasteiger partial charge in [0.05, 0.1) is 5.60 Å². The first-order chi connectivity index (χ1) is 7.72. The van der Waals surface area contributed by atoms with E-state index in [1.165, 1.54) is 0 Å². The van der Waals surface area contributed by atoms with Gasteiger partial charge in [-0.15, -0.1) is 0 Å². The highest BCUT2D eigenvalue weighted by atomic mass is 32.2. The van der Waals surface area contributed by atoms with Crippen LogP contribution < -0.4 is 0 Å². The third kappa shape index (κ3) is 2.86. The van der Waals surface area contributed by atoms with Crippen LogP contribution in [0, 0.1) is 0 Å². The van der Waals surface area contributed by atoms with E-state index in [-0.39, 0.29) is 0 Å². The summed E-state index contributed by atoms with van der Waals surface area (Å²) in [7, 11) is 0. The Balaban J connectivity index is 2.04. The molecule has 1 aliphatic heterocycles. The minimum atomic E-state index is -0.550. The van der Waals surface area contributed by atoms with Gasteiger partial charge in [-0.2, -0.15) is 11.8 Å². The first-order valence-electron chi connectivity index (χ1n) is 5.56. The molecule has 1 aromatic rings. The van der Waals surface area contributed by atoms with Gasteiger partial charge in [0.15, 0.2) is 0 Å². The number of hydrogen-bond donors (Lipinski definition) is 1. The summed E-state index contributed by atoms with van der Waals surface area (Å²) in [5.41, 5.74) is 1.25. The molecule has 16 heavy (non-hydrogen) atoms. The Labute approximate surface area is 100 Å². The van der Waals surface area contributed by atoms with Gasteiger partial charge in [-0.1, -0.05) is 24.3 Å². The average Bonchev–Trinajstić information content (AvgIpc) is 2.30. The molecule has 0 aliphatic carbocycles. The van der Waals surface area contributed by atoms with Crippen molar-refractivity contribution in [1.82, 2.24) is 0 Å². The highest BCUT2D eigenvalue weighted by Crippen LogP contribution is 2.29. The van der Waals surface area contributed by atoms with Gasteiger partial charge in [0.2, 0.25) is 0 Å². The van der Waals surface area contributed by atoms with E-state index >= 15 is 0 Å². The fourth-order valence-corrected chi connectivity index (χ4v) is 3.19. The molecule has 0 aromatic heterocycles. The number of benzene rings is 1. The zero-order chi connectivity index (χ0) is 11.4. The first kappa shape index (κ1) is 11.7. The number of carbonyl (C=O) groups is 1. The van der Waals surface area contributed by atoms with Crippen molar-refractivity contribution in [2.75, 3.05) is 11.5 Å². The molecule has 1 fully saturated rings. The van der Waals surface area contributed by atoms with Crippen LogP contribution in [0.25, 0.3) is 0 Å². The van der Waals surface area contributed by atoms with E-state index in [1.807, 2.05) is 36.0 Å². The number of aliphatic hydroxyl groups is 1. The Bertz CT molecular complexity index is 353. The Morgan fingerprint density at radius 2 is 2.12 bits per heavy atom. The molecule has 1 aliphatic rings. The first-order valence-corrected chi connectivity index (χ1v) is 6.72. The van der Waals surface area contributed by atoms with Crippen LogP contribution in [0.3, 0.4) is 0 Å². The van der Waals surface area contributed by atoms with Crippen LogP contribution in [0.5, 0.6) is 0 Å². The summed E-state index contributed by atoms with van der Waals surface area (Å²) in [4.78, 5) is 10.5. The van der Waals surface area contributed by atoms with Crippen LogP contribution in [-0.2, 0) is 6.42 Å². The second kappa shape index (κ2) is 5.02. The summed E-state index contributed by atoms with van der Waals surface area (Å²) >= 11 is 1.82. The zero-order valence-corrected chi connectivity index (χ0v) is 10.0. The highest BCUT2D eigenvalue weighted by molar-refractivity contribution is 7.99. The van der Waals surface area contributed by atoms with Gasteiger partial charge in [-0.05, 0) is 24.2 Å². The lowest BCUT2D eigenvalue weighted by molar-refractivity contribution is 0.0530. The molecule has 0 amide bonds. The molecule has 86 valence electrons. The van der Waals surface area contributed by atoms with Gasteiger partial charge in [0.25, 0.3) is 0 Å². The van der Waals surface area contributed by atoms with Crippen molar-refractivity contribution in [2.45, 2.75) is 24.9 Å². The summed E-state index contributed by atoms with van der Waals surface area (Å²) in [5.74, 6) is 1.98. The van der Waals surface area contributed by atoms with E-state index in [2.05, 4.69) is 0 Å². The number of rotatable bonds is 3. The lowest BCUT2D eigenvalue weighted by Crippen LogP contribution is -2.37. The van der Waals surface area contributed by atoms with Crippen molar-refractivity contribution in [3.05, 3.63) is 35.4 Å². The molecule has 1 saturated heterocycles. The quantitative estimate of drug-likeness (QED) is 0.818. The maximum Gasteiger partial charge on any atom is 0.150 e. The van der Waals surface area contributed by atoms with E-state index in [0.29, 0.717) is 12.0 Å². The molecule has 0 radical (unpaired) electrons. The van der Waals surface area contributed by atoms with E-state index in [0.717, 1.165) is 36.2 Å². The molecule has 1 heterocycles. The van der Waals surface area contributed by atoms with Crippen LogP contribution in [0.2, 0.25) is 0 Å². The molecule has 1 aromatic carbocycles. The third-order valence-electron chi connectivity index (χ3n) is 2.95. The lowest BCUT2D eigenvalue weighted by atomic mass is 9.91. The molecular weight excluding hydrogens is 220 g/mol. The monoisotopic (exact) mass is 236 g/mol. The number of carbonyl (C=O) groups excluding carboxylic acids is 1. The minimum absolute atomic E-state index is 0.550. The average molecular weight is 236 g/mol. The van der Waals surface area contributed by atoms with E-state index in [9.17, 15) is 9.90 Å². The van der Waals surface area contributed by atoms with E-state index < -0.39 is 5.60 Å². The highest BCUT2D eigenvalue weighted by Gasteiger charge is 2.29. The fourth-order valence-electron chi connectivity index (χ4n) is 2.07. The smallest absolute Gasteiger partial charge is 0.150 e. The van der Waals surface area contributed by atoms with Crippen LogP contribution in [0.4, 0.5) is 0 Å². The number of aldehydes is 1. The summed E-state index contributed by atoms with van der Waals surface area (Å²) in [6.07, 6.45) is 3.51. The van der Waals surface area contributed by atoms with Crippen molar-refractivity contribution in [3.8, 4) is 0 Å². The largest absolute Gasteiger partial charge is 0.389 e. The number of hydrogen-bond acceptors (Lipinski definition) is 3. The van der Waals surface area contributed by atoms with Crippen molar-refractivity contribution in [1.29, 1.82) is 0 Å². The Hall–Kier alpha value is -0.800. The predicted molar refractivity (Wildman–Crippen MR) is 67.0 cm³/mol. The maximum absolute atomic E-state index is 10.5. The lowest BCUT2D eigenvalue weighted by Gasteiger charge is -2.31. The second-order valence-electron chi connectivity index (χ2n) is 4.42. The zero-order valence-electron chi connectivity index (χ0n) is 9.19. The molecule has 3 heteroatoms. The summed E-state index contributed by atoms with van der Waals surface area (Å²) in [6, 6.07) is 7.48. The van der Waals surface area contributed by atoms with Gasteiger partial charge in [-0.25, -0.2) is 0 Å². The Kier molecular flexibility index (Phi) is 3.66. The van der Waals surface area contributed by atoms with Gasteiger partial charge in [0.1, 0.15) is 6.29 Å². The molecule has 0 bridgehead atoms. The predicted octanol–water partition coefficient (Wildman–Crippen LogP) is 2.30. The SMILES string of the molecule is O=Cc1ccc(CC2(O)CCCSC2)cc1. The Morgan fingerprint density at radius 3 is 2.69 bits per heavy atom. The third-order valence-corrected chi connectivity index (χ3v) is 4.27. The van der Waals surface area contributed by atoms with E-state index in [1.54, 1.807) is 0 Å². The van der Waals surface area contributed by atoms with Crippen molar-refractivity contribution >= 4 is 18.0 Å². The molecular formula is C13H16O2S. The van der Waals surface area contributed by atoms with Gasteiger partial charge in [-0.3, -0.25) is 4.79 Å². The van der Waals surface area contributed by atoms with Crippen LogP contribution in [-0.4, -0.2) is 28.5 Å². The van der Waals surface area contributed by atoms with Crippen molar-refractivity contribution in [3.63, 3.8) is 0 Å². The standard InChI is InChI=1S/C13H16O2S/c14-9-12-4-2-11(3-5-12)8-13(15)6-1-7-16-10-13/h2-5,9,15H,1,6-8,10H2. The topological polar surface area (TPSA) is 37.3 Å². The van der Waals surface area contributed by atoms with E-state index in [4.69, 9.17) is 0 Å². The van der Waals surface area contributed by atoms with Crippen molar-refractivity contribution < 1.29 is 9.90 Å². The van der Waals surface area contributed by atoms with Crippen molar-refractivity contribution in [2.24, 2.45) is 0 Å². The molecule has 0 saturated carbocycles. The van der Waals surface area contributed by atoms with Crippen LogP contribution >= 0.6 is 11.8 Å². The van der Waals surface area contributed by atoms with Gasteiger partial charge in [0, 0.05) is 17.7 Å².